The normalized spacial score (nSPS) is 9.75. The van der Waals surface area contributed by atoms with Crippen LogP contribution in [0.2, 0.25) is 0 Å². The second-order valence-corrected chi connectivity index (χ2v) is 3.12. The molecule has 0 aliphatic rings. The molecule has 0 atom stereocenters. The van der Waals surface area contributed by atoms with Crippen LogP contribution in [0.3, 0.4) is 0 Å². The third kappa shape index (κ3) is 1.20. The zero-order valence-corrected chi connectivity index (χ0v) is 6.17. The SMILES string of the molecule is CCc1nnc(S)s1. The number of thiol groups is 1. The fourth-order valence-corrected chi connectivity index (χ4v) is 1.27. The zero-order valence-electron chi connectivity index (χ0n) is 4.46. The summed E-state index contributed by atoms with van der Waals surface area (Å²) in [5.41, 5.74) is 0. The van der Waals surface area contributed by atoms with Gasteiger partial charge in [0.15, 0.2) is 4.34 Å². The molecular weight excluding hydrogens is 140 g/mol. The second kappa shape index (κ2) is 2.46. The Labute approximate surface area is 57.4 Å². The molecule has 1 rings (SSSR count). The molecule has 0 bridgehead atoms. The maximum Gasteiger partial charge on any atom is 0.171 e. The van der Waals surface area contributed by atoms with Gasteiger partial charge < -0.3 is 0 Å². The lowest BCUT2D eigenvalue weighted by Gasteiger charge is -1.75. The van der Waals surface area contributed by atoms with Gasteiger partial charge in [0, 0.05) is 0 Å². The number of aryl methyl sites for hydroxylation is 1. The van der Waals surface area contributed by atoms with E-state index < -0.39 is 0 Å². The lowest BCUT2D eigenvalue weighted by Crippen LogP contribution is -1.74. The third-order valence-corrected chi connectivity index (χ3v) is 1.99. The lowest BCUT2D eigenvalue weighted by molar-refractivity contribution is 0.945. The molecule has 0 spiro atoms. The molecule has 0 aliphatic heterocycles. The highest BCUT2D eigenvalue weighted by molar-refractivity contribution is 7.82. The van der Waals surface area contributed by atoms with Crippen molar-refractivity contribution in [2.45, 2.75) is 17.7 Å². The number of hydrogen-bond donors (Lipinski definition) is 1. The van der Waals surface area contributed by atoms with E-state index in [1.54, 1.807) is 0 Å². The molecule has 0 aromatic carbocycles. The van der Waals surface area contributed by atoms with Crippen molar-refractivity contribution in [1.82, 2.24) is 10.2 Å². The van der Waals surface area contributed by atoms with Gasteiger partial charge in [0.2, 0.25) is 0 Å². The van der Waals surface area contributed by atoms with Crippen molar-refractivity contribution in [2.24, 2.45) is 0 Å². The van der Waals surface area contributed by atoms with Crippen LogP contribution in [0.1, 0.15) is 11.9 Å². The molecule has 0 amide bonds. The molecular formula is C4H6N2S2. The molecule has 1 heterocycles. The van der Waals surface area contributed by atoms with Crippen molar-refractivity contribution in [1.29, 1.82) is 0 Å². The van der Waals surface area contributed by atoms with Gasteiger partial charge in [-0.3, -0.25) is 0 Å². The van der Waals surface area contributed by atoms with Crippen molar-refractivity contribution >= 4 is 24.0 Å². The summed E-state index contributed by atoms with van der Waals surface area (Å²) in [5, 5.41) is 8.60. The number of nitrogens with zero attached hydrogens (tertiary/aromatic N) is 2. The molecule has 0 saturated heterocycles. The van der Waals surface area contributed by atoms with Gasteiger partial charge in [-0.15, -0.1) is 22.8 Å². The topological polar surface area (TPSA) is 25.8 Å². The van der Waals surface area contributed by atoms with Crippen molar-refractivity contribution in [3.63, 3.8) is 0 Å². The van der Waals surface area contributed by atoms with Gasteiger partial charge in [-0.2, -0.15) is 0 Å². The van der Waals surface area contributed by atoms with Gasteiger partial charge in [-0.05, 0) is 6.42 Å². The van der Waals surface area contributed by atoms with Crippen LogP contribution < -0.4 is 0 Å². The molecule has 1 aromatic rings. The minimum Gasteiger partial charge on any atom is -0.143 e. The summed E-state index contributed by atoms with van der Waals surface area (Å²) in [6, 6.07) is 0. The number of aromatic nitrogens is 2. The van der Waals surface area contributed by atoms with Crippen molar-refractivity contribution in [3.05, 3.63) is 5.01 Å². The van der Waals surface area contributed by atoms with E-state index in [4.69, 9.17) is 0 Å². The maximum atomic E-state index is 4.00. The van der Waals surface area contributed by atoms with Crippen molar-refractivity contribution < 1.29 is 0 Å². The van der Waals surface area contributed by atoms with Crippen LogP contribution in [-0.4, -0.2) is 10.2 Å². The first-order chi connectivity index (χ1) is 3.83. The standard InChI is InChI=1S/C4H6N2S2/c1-2-3-5-6-4(7)8-3/h2H2,1H3,(H,6,7). The van der Waals surface area contributed by atoms with Gasteiger partial charge in [0.25, 0.3) is 0 Å². The Kier molecular flexibility index (Phi) is 1.85. The number of rotatable bonds is 1. The van der Waals surface area contributed by atoms with Gasteiger partial charge in [-0.1, -0.05) is 18.3 Å². The van der Waals surface area contributed by atoms with Gasteiger partial charge >= 0.3 is 0 Å². The van der Waals surface area contributed by atoms with Gasteiger partial charge in [0.1, 0.15) is 5.01 Å². The van der Waals surface area contributed by atoms with Crippen LogP contribution in [0.5, 0.6) is 0 Å². The van der Waals surface area contributed by atoms with E-state index in [-0.39, 0.29) is 0 Å². The molecule has 0 aliphatic carbocycles. The molecule has 0 fully saturated rings. The minimum absolute atomic E-state index is 0.752. The van der Waals surface area contributed by atoms with E-state index in [0.717, 1.165) is 15.8 Å². The van der Waals surface area contributed by atoms with E-state index in [1.807, 2.05) is 6.92 Å². The highest BCUT2D eigenvalue weighted by Gasteiger charge is 1.94. The average molecular weight is 146 g/mol. The zero-order chi connectivity index (χ0) is 5.98. The Morgan fingerprint density at radius 2 is 2.38 bits per heavy atom. The van der Waals surface area contributed by atoms with Crippen molar-refractivity contribution in [2.75, 3.05) is 0 Å². The quantitative estimate of drug-likeness (QED) is 0.606. The largest absolute Gasteiger partial charge is 0.171 e. The Hall–Kier alpha value is -0.0900. The Morgan fingerprint density at radius 1 is 1.62 bits per heavy atom. The van der Waals surface area contributed by atoms with Crippen LogP contribution in [0, 0.1) is 0 Å². The Morgan fingerprint density at radius 3 is 2.62 bits per heavy atom. The smallest absolute Gasteiger partial charge is 0.143 e. The first-order valence-corrected chi connectivity index (χ1v) is 3.60. The van der Waals surface area contributed by atoms with Gasteiger partial charge in [-0.25, -0.2) is 0 Å². The first-order valence-electron chi connectivity index (χ1n) is 2.34. The average Bonchev–Trinajstić information content (AvgIpc) is 2.14. The predicted octanol–water partition coefficient (Wildman–Crippen LogP) is 1.39. The van der Waals surface area contributed by atoms with E-state index in [0.29, 0.717) is 0 Å². The predicted molar refractivity (Wildman–Crippen MR) is 36.5 cm³/mol. The second-order valence-electron chi connectivity index (χ2n) is 1.33. The molecule has 0 N–H and O–H groups in total. The fourth-order valence-electron chi connectivity index (χ4n) is 0.388. The van der Waals surface area contributed by atoms with E-state index in [9.17, 15) is 0 Å². The highest BCUT2D eigenvalue weighted by Crippen LogP contribution is 2.12. The monoisotopic (exact) mass is 146 g/mol. The molecule has 4 heteroatoms. The molecule has 0 radical (unpaired) electrons. The van der Waals surface area contributed by atoms with E-state index >= 15 is 0 Å². The summed E-state index contributed by atoms with van der Waals surface area (Å²) < 4.78 is 0.752. The first kappa shape index (κ1) is 6.04. The maximum absolute atomic E-state index is 4.00. The van der Waals surface area contributed by atoms with Crippen LogP contribution in [-0.2, 0) is 6.42 Å². The van der Waals surface area contributed by atoms with Crippen LogP contribution in [0.4, 0.5) is 0 Å². The molecule has 8 heavy (non-hydrogen) atoms. The molecule has 0 unspecified atom stereocenters. The summed E-state index contributed by atoms with van der Waals surface area (Å²) in [6.45, 7) is 2.05. The van der Waals surface area contributed by atoms with Crippen LogP contribution in [0.25, 0.3) is 0 Å². The minimum atomic E-state index is 0.752. The van der Waals surface area contributed by atoms with Crippen LogP contribution in [0.15, 0.2) is 4.34 Å². The Balaban J connectivity index is 2.84. The summed E-state index contributed by atoms with van der Waals surface area (Å²) in [7, 11) is 0. The summed E-state index contributed by atoms with van der Waals surface area (Å²) >= 11 is 5.53. The van der Waals surface area contributed by atoms with Crippen LogP contribution >= 0.6 is 24.0 Å². The van der Waals surface area contributed by atoms with Gasteiger partial charge in [0.05, 0.1) is 0 Å². The number of hydrogen-bond acceptors (Lipinski definition) is 4. The third-order valence-electron chi connectivity index (χ3n) is 0.759. The lowest BCUT2D eigenvalue weighted by atomic mass is 10.5. The van der Waals surface area contributed by atoms with E-state index in [2.05, 4.69) is 22.8 Å². The summed E-state index contributed by atoms with van der Waals surface area (Å²) in [6.07, 6.45) is 0.957. The van der Waals surface area contributed by atoms with Crippen molar-refractivity contribution in [3.8, 4) is 0 Å². The summed E-state index contributed by atoms with van der Waals surface area (Å²) in [4.78, 5) is 0. The summed E-state index contributed by atoms with van der Waals surface area (Å²) in [5.74, 6) is 0. The fraction of sp³-hybridized carbons (Fsp3) is 0.500. The molecule has 44 valence electrons. The highest BCUT2D eigenvalue weighted by atomic mass is 32.2. The molecule has 2 nitrogen and oxygen atoms in total. The molecule has 0 saturated carbocycles. The van der Waals surface area contributed by atoms with E-state index in [1.165, 1.54) is 11.3 Å². The molecule has 1 aromatic heterocycles. The Bertz CT molecular complexity index is 172.